The summed E-state index contributed by atoms with van der Waals surface area (Å²) < 4.78 is 41.4. The minimum atomic E-state index is -4.22. The molecule has 0 amide bonds. The van der Waals surface area contributed by atoms with E-state index in [4.69, 9.17) is 15.7 Å². The summed E-state index contributed by atoms with van der Waals surface area (Å²) >= 11 is 1.02. The molecule has 0 radical (unpaired) electrons. The summed E-state index contributed by atoms with van der Waals surface area (Å²) in [5.74, 6) is 0.251. The molecular formula is C10H12F3N3OS. The summed E-state index contributed by atoms with van der Waals surface area (Å²) in [6.45, 7) is -0.218. The van der Waals surface area contributed by atoms with Crippen LogP contribution >= 0.6 is 11.3 Å². The van der Waals surface area contributed by atoms with Gasteiger partial charge in [-0.1, -0.05) is 0 Å². The van der Waals surface area contributed by atoms with E-state index in [-0.39, 0.29) is 22.9 Å². The quantitative estimate of drug-likeness (QED) is 0.920. The second kappa shape index (κ2) is 5.35. The highest BCUT2D eigenvalue weighted by atomic mass is 32.1. The molecule has 0 atom stereocenters. The predicted octanol–water partition coefficient (Wildman–Crippen LogP) is 2.60. The Labute approximate surface area is 106 Å². The van der Waals surface area contributed by atoms with Crippen LogP contribution in [-0.2, 0) is 0 Å². The first-order valence-corrected chi connectivity index (χ1v) is 5.76. The molecule has 2 N–H and O–H groups in total. The SMILES string of the molecule is COc1c(N(C)CCC(F)(F)F)sc(C#N)c1N. The molecule has 0 saturated carbocycles. The Bertz CT molecular complexity index is 464. The molecule has 0 aliphatic heterocycles. The number of ether oxygens (including phenoxy) is 1. The topological polar surface area (TPSA) is 62.3 Å². The number of hydrogen-bond donors (Lipinski definition) is 1. The minimum Gasteiger partial charge on any atom is -0.492 e. The number of hydrogen-bond acceptors (Lipinski definition) is 5. The molecule has 0 spiro atoms. The summed E-state index contributed by atoms with van der Waals surface area (Å²) in [7, 11) is 2.86. The lowest BCUT2D eigenvalue weighted by Gasteiger charge is -2.19. The van der Waals surface area contributed by atoms with E-state index in [0.29, 0.717) is 5.00 Å². The molecule has 0 bridgehead atoms. The summed E-state index contributed by atoms with van der Waals surface area (Å²) in [5, 5.41) is 9.25. The number of anilines is 2. The van der Waals surface area contributed by atoms with E-state index in [9.17, 15) is 13.2 Å². The van der Waals surface area contributed by atoms with Crippen LogP contribution in [0.15, 0.2) is 0 Å². The second-order valence-corrected chi connectivity index (χ2v) is 4.58. The second-order valence-electron chi connectivity index (χ2n) is 3.58. The number of halogens is 3. The lowest BCUT2D eigenvalue weighted by Crippen LogP contribution is -2.23. The van der Waals surface area contributed by atoms with Crippen molar-refractivity contribution in [3.63, 3.8) is 0 Å². The first kappa shape index (κ1) is 14.4. The van der Waals surface area contributed by atoms with Crippen molar-refractivity contribution in [2.45, 2.75) is 12.6 Å². The van der Waals surface area contributed by atoms with Crippen LogP contribution in [0.3, 0.4) is 0 Å². The van der Waals surface area contributed by atoms with E-state index in [1.807, 2.05) is 6.07 Å². The van der Waals surface area contributed by atoms with Crippen LogP contribution in [0.25, 0.3) is 0 Å². The van der Waals surface area contributed by atoms with Crippen molar-refractivity contribution in [3.05, 3.63) is 4.88 Å². The maximum atomic E-state index is 12.1. The molecule has 0 aliphatic rings. The zero-order valence-electron chi connectivity index (χ0n) is 9.84. The molecule has 0 fully saturated rings. The molecule has 1 aromatic rings. The van der Waals surface area contributed by atoms with Crippen molar-refractivity contribution in [1.82, 2.24) is 0 Å². The summed E-state index contributed by atoms with van der Waals surface area (Å²) in [6.07, 6.45) is -5.16. The summed E-state index contributed by atoms with van der Waals surface area (Å²) in [5.41, 5.74) is 5.82. The zero-order valence-corrected chi connectivity index (χ0v) is 10.7. The lowest BCUT2D eigenvalue weighted by atomic mass is 10.3. The van der Waals surface area contributed by atoms with Gasteiger partial charge in [0.05, 0.1) is 13.5 Å². The van der Waals surface area contributed by atoms with E-state index in [0.717, 1.165) is 11.3 Å². The number of nitrogen functional groups attached to an aromatic ring is 1. The highest BCUT2D eigenvalue weighted by molar-refractivity contribution is 7.17. The molecule has 1 heterocycles. The Morgan fingerprint density at radius 2 is 2.11 bits per heavy atom. The average molecular weight is 279 g/mol. The van der Waals surface area contributed by atoms with Gasteiger partial charge in [-0.05, 0) is 0 Å². The van der Waals surface area contributed by atoms with Gasteiger partial charge in [0, 0.05) is 13.6 Å². The molecule has 0 aromatic carbocycles. The van der Waals surface area contributed by atoms with E-state index >= 15 is 0 Å². The molecule has 8 heteroatoms. The van der Waals surface area contributed by atoms with Crippen LogP contribution in [0.4, 0.5) is 23.9 Å². The number of thiophene rings is 1. The summed E-state index contributed by atoms with van der Waals surface area (Å²) in [6, 6.07) is 1.88. The highest BCUT2D eigenvalue weighted by Crippen LogP contribution is 2.44. The van der Waals surface area contributed by atoms with Gasteiger partial charge >= 0.3 is 6.18 Å². The first-order valence-electron chi connectivity index (χ1n) is 4.94. The van der Waals surface area contributed by atoms with E-state index in [2.05, 4.69) is 0 Å². The highest BCUT2D eigenvalue weighted by Gasteiger charge is 2.28. The molecule has 0 unspecified atom stereocenters. The third-order valence-corrected chi connectivity index (χ3v) is 3.47. The number of methoxy groups -OCH3 is 1. The van der Waals surface area contributed by atoms with Crippen LogP contribution in [0.1, 0.15) is 11.3 Å². The number of alkyl halides is 3. The number of nitriles is 1. The Morgan fingerprint density at radius 3 is 2.56 bits per heavy atom. The van der Waals surface area contributed by atoms with E-state index in [1.54, 1.807) is 0 Å². The fourth-order valence-corrected chi connectivity index (χ4v) is 2.32. The fourth-order valence-electron chi connectivity index (χ4n) is 1.34. The lowest BCUT2D eigenvalue weighted by molar-refractivity contribution is -0.132. The van der Waals surface area contributed by atoms with Gasteiger partial charge in [-0.15, -0.1) is 11.3 Å². The van der Waals surface area contributed by atoms with Crippen LogP contribution < -0.4 is 15.4 Å². The molecule has 0 aliphatic carbocycles. The maximum absolute atomic E-state index is 12.1. The molecule has 18 heavy (non-hydrogen) atoms. The van der Waals surface area contributed by atoms with Crippen molar-refractivity contribution in [2.24, 2.45) is 0 Å². The van der Waals surface area contributed by atoms with Crippen molar-refractivity contribution in [1.29, 1.82) is 5.26 Å². The smallest absolute Gasteiger partial charge is 0.390 e. The molecular weight excluding hydrogens is 267 g/mol. The van der Waals surface area contributed by atoms with Crippen LogP contribution in [-0.4, -0.2) is 26.9 Å². The number of nitrogens with zero attached hydrogens (tertiary/aromatic N) is 2. The van der Waals surface area contributed by atoms with Gasteiger partial charge in [0.2, 0.25) is 0 Å². The van der Waals surface area contributed by atoms with Gasteiger partial charge in [-0.2, -0.15) is 18.4 Å². The van der Waals surface area contributed by atoms with Gasteiger partial charge in [0.1, 0.15) is 21.6 Å². The third-order valence-electron chi connectivity index (χ3n) is 2.27. The van der Waals surface area contributed by atoms with Crippen molar-refractivity contribution >= 4 is 22.0 Å². The molecule has 100 valence electrons. The van der Waals surface area contributed by atoms with Gasteiger partial charge < -0.3 is 15.4 Å². The van der Waals surface area contributed by atoms with Crippen LogP contribution in [0.2, 0.25) is 0 Å². The molecule has 4 nitrogen and oxygen atoms in total. The van der Waals surface area contributed by atoms with Crippen LogP contribution in [0, 0.1) is 11.3 Å². The summed E-state index contributed by atoms with van der Waals surface area (Å²) in [4.78, 5) is 1.62. The average Bonchev–Trinajstić information content (AvgIpc) is 2.61. The monoisotopic (exact) mass is 279 g/mol. The van der Waals surface area contributed by atoms with Gasteiger partial charge in [-0.25, -0.2) is 0 Å². The Morgan fingerprint density at radius 1 is 1.50 bits per heavy atom. The number of rotatable bonds is 4. The normalized spacial score (nSPS) is 11.1. The van der Waals surface area contributed by atoms with Gasteiger partial charge in [-0.3, -0.25) is 0 Å². The maximum Gasteiger partial charge on any atom is 0.390 e. The van der Waals surface area contributed by atoms with Crippen molar-refractivity contribution in [2.75, 3.05) is 31.3 Å². The Kier molecular flexibility index (Phi) is 4.29. The van der Waals surface area contributed by atoms with Crippen molar-refractivity contribution < 1.29 is 17.9 Å². The Balaban J connectivity index is 2.92. The van der Waals surface area contributed by atoms with E-state index < -0.39 is 12.6 Å². The third kappa shape index (κ3) is 3.20. The predicted molar refractivity (Wildman–Crippen MR) is 63.9 cm³/mol. The molecule has 0 saturated heterocycles. The first-order chi connectivity index (χ1) is 8.30. The molecule has 1 aromatic heterocycles. The van der Waals surface area contributed by atoms with Gasteiger partial charge in [0.15, 0.2) is 5.75 Å². The van der Waals surface area contributed by atoms with Gasteiger partial charge in [0.25, 0.3) is 0 Å². The Hall–Kier alpha value is -1.62. The number of nitrogens with two attached hydrogens (primary N) is 1. The zero-order chi connectivity index (χ0) is 13.9. The van der Waals surface area contributed by atoms with Crippen LogP contribution in [0.5, 0.6) is 5.75 Å². The standard InChI is InChI=1S/C10H12F3N3OS/c1-16(4-3-10(11,12)13)9-8(17-2)7(15)6(5-14)18-9/h3-4,15H2,1-2H3. The van der Waals surface area contributed by atoms with Crippen molar-refractivity contribution in [3.8, 4) is 11.8 Å². The molecule has 1 rings (SSSR count). The van der Waals surface area contributed by atoms with E-state index in [1.165, 1.54) is 19.1 Å². The largest absolute Gasteiger partial charge is 0.492 e. The minimum absolute atomic E-state index is 0.166. The fraction of sp³-hybridized carbons (Fsp3) is 0.500.